The molecule has 0 atom stereocenters. The minimum Gasteiger partial charge on any atom is -0.480 e. The van der Waals surface area contributed by atoms with Gasteiger partial charge in [-0.15, -0.1) is 0 Å². The highest BCUT2D eigenvalue weighted by Gasteiger charge is 2.06. The fourth-order valence-corrected chi connectivity index (χ4v) is 1.49. The number of rotatable bonds is 5. The zero-order chi connectivity index (χ0) is 12.8. The number of oxime groups is 1. The van der Waals surface area contributed by atoms with E-state index in [1.807, 2.05) is 6.07 Å². The average Bonchev–Trinajstić information content (AvgIpc) is 2.27. The molecule has 0 heterocycles. The van der Waals surface area contributed by atoms with Gasteiger partial charge in [0, 0.05) is 12.1 Å². The number of amidine groups is 1. The maximum Gasteiger partial charge on any atom is 0.317 e. The number of nitrogens with two attached hydrogens (primary N) is 1. The molecule has 6 heteroatoms. The summed E-state index contributed by atoms with van der Waals surface area (Å²) in [6.07, 6.45) is 0. The zero-order valence-electron chi connectivity index (χ0n) is 9.50. The number of carboxylic acids is 1. The Bertz CT molecular complexity index is 432. The molecule has 0 bridgehead atoms. The molecule has 0 aliphatic rings. The third-order valence-corrected chi connectivity index (χ3v) is 2.19. The second-order valence-corrected chi connectivity index (χ2v) is 3.75. The summed E-state index contributed by atoms with van der Waals surface area (Å²) in [5.41, 5.74) is 6.97. The first-order valence-corrected chi connectivity index (χ1v) is 5.00. The van der Waals surface area contributed by atoms with E-state index in [-0.39, 0.29) is 12.4 Å². The molecular weight excluding hydrogens is 222 g/mol. The van der Waals surface area contributed by atoms with Crippen LogP contribution in [0.4, 0.5) is 0 Å². The number of hydrogen-bond donors (Lipinski definition) is 3. The van der Waals surface area contributed by atoms with Crippen molar-refractivity contribution in [2.24, 2.45) is 10.9 Å². The summed E-state index contributed by atoms with van der Waals surface area (Å²) in [6, 6.07) is 7.10. The molecular formula is C11H15N3O3. The summed E-state index contributed by atoms with van der Waals surface area (Å²) in [5.74, 6) is -0.840. The molecule has 92 valence electrons. The van der Waals surface area contributed by atoms with Crippen LogP contribution in [0.1, 0.15) is 11.1 Å². The summed E-state index contributed by atoms with van der Waals surface area (Å²) >= 11 is 0. The molecule has 0 radical (unpaired) electrons. The Labute approximate surface area is 99.0 Å². The molecule has 17 heavy (non-hydrogen) atoms. The van der Waals surface area contributed by atoms with Crippen LogP contribution < -0.4 is 5.73 Å². The predicted octanol–water partition coefficient (Wildman–Crippen LogP) is 0.298. The van der Waals surface area contributed by atoms with Crippen molar-refractivity contribution in [2.75, 3.05) is 13.6 Å². The number of nitrogens with zero attached hydrogens (tertiary/aromatic N) is 2. The highest BCUT2D eigenvalue weighted by molar-refractivity contribution is 5.97. The fourth-order valence-electron chi connectivity index (χ4n) is 1.49. The molecule has 0 aliphatic heterocycles. The van der Waals surface area contributed by atoms with Gasteiger partial charge in [-0.05, 0) is 18.7 Å². The molecule has 0 saturated carbocycles. The standard InChI is InChI=1S/C11H15N3O3/c1-14(7-10(15)16)6-8-3-2-4-9(5-8)11(12)13-17/h2-5,17H,6-7H2,1H3,(H2,12,13)(H,15,16). The van der Waals surface area contributed by atoms with Crippen molar-refractivity contribution >= 4 is 11.8 Å². The highest BCUT2D eigenvalue weighted by atomic mass is 16.4. The Morgan fingerprint density at radius 3 is 2.82 bits per heavy atom. The molecule has 0 spiro atoms. The molecule has 6 nitrogen and oxygen atoms in total. The Hall–Kier alpha value is -2.08. The smallest absolute Gasteiger partial charge is 0.317 e. The number of hydrogen-bond acceptors (Lipinski definition) is 4. The topological polar surface area (TPSA) is 99.2 Å². The molecule has 0 aliphatic carbocycles. The van der Waals surface area contributed by atoms with E-state index in [1.54, 1.807) is 30.1 Å². The van der Waals surface area contributed by atoms with Crippen LogP contribution in [-0.4, -0.2) is 40.6 Å². The van der Waals surface area contributed by atoms with Gasteiger partial charge in [-0.3, -0.25) is 9.69 Å². The summed E-state index contributed by atoms with van der Waals surface area (Å²) in [7, 11) is 1.71. The molecule has 1 aromatic rings. The van der Waals surface area contributed by atoms with Gasteiger partial charge in [0.1, 0.15) is 0 Å². The van der Waals surface area contributed by atoms with E-state index in [0.717, 1.165) is 5.56 Å². The molecule has 0 unspecified atom stereocenters. The minimum atomic E-state index is -0.875. The molecule has 0 fully saturated rings. The van der Waals surface area contributed by atoms with Gasteiger partial charge in [0.15, 0.2) is 5.84 Å². The largest absolute Gasteiger partial charge is 0.480 e. The van der Waals surface area contributed by atoms with Crippen LogP contribution in [0, 0.1) is 0 Å². The van der Waals surface area contributed by atoms with E-state index in [0.29, 0.717) is 12.1 Å². The molecule has 1 aromatic carbocycles. The molecule has 0 amide bonds. The number of carbonyl (C=O) groups is 1. The fraction of sp³-hybridized carbons (Fsp3) is 0.273. The van der Waals surface area contributed by atoms with Gasteiger partial charge in [-0.2, -0.15) is 0 Å². The third kappa shape index (κ3) is 4.12. The van der Waals surface area contributed by atoms with Crippen LogP contribution in [0.25, 0.3) is 0 Å². The van der Waals surface area contributed by atoms with Crippen LogP contribution >= 0.6 is 0 Å². The Morgan fingerprint density at radius 2 is 2.24 bits per heavy atom. The lowest BCUT2D eigenvalue weighted by molar-refractivity contribution is -0.138. The maximum atomic E-state index is 10.5. The van der Waals surface area contributed by atoms with E-state index >= 15 is 0 Å². The van der Waals surface area contributed by atoms with E-state index in [4.69, 9.17) is 16.0 Å². The number of carboxylic acid groups (broad SMARTS) is 1. The van der Waals surface area contributed by atoms with E-state index in [1.165, 1.54) is 0 Å². The summed E-state index contributed by atoms with van der Waals surface area (Å²) in [6.45, 7) is 0.451. The van der Waals surface area contributed by atoms with Gasteiger partial charge >= 0.3 is 5.97 Å². The molecule has 1 rings (SSSR count). The minimum absolute atomic E-state index is 0.0339. The number of aliphatic carboxylic acids is 1. The Morgan fingerprint density at radius 1 is 1.53 bits per heavy atom. The van der Waals surface area contributed by atoms with Crippen molar-refractivity contribution in [2.45, 2.75) is 6.54 Å². The van der Waals surface area contributed by atoms with Gasteiger partial charge in [0.05, 0.1) is 6.54 Å². The van der Waals surface area contributed by atoms with Gasteiger partial charge in [-0.1, -0.05) is 23.4 Å². The second kappa shape index (κ2) is 5.86. The van der Waals surface area contributed by atoms with Crippen LogP contribution in [0.2, 0.25) is 0 Å². The Kier molecular flexibility index (Phi) is 4.47. The van der Waals surface area contributed by atoms with Gasteiger partial charge in [0.2, 0.25) is 0 Å². The lowest BCUT2D eigenvalue weighted by atomic mass is 10.1. The summed E-state index contributed by atoms with van der Waals surface area (Å²) < 4.78 is 0. The van der Waals surface area contributed by atoms with Gasteiger partial charge in [-0.25, -0.2) is 0 Å². The van der Waals surface area contributed by atoms with Crippen LogP contribution in [0.5, 0.6) is 0 Å². The average molecular weight is 237 g/mol. The monoisotopic (exact) mass is 237 g/mol. The van der Waals surface area contributed by atoms with Crippen molar-refractivity contribution in [3.8, 4) is 0 Å². The second-order valence-electron chi connectivity index (χ2n) is 3.75. The number of likely N-dealkylation sites (N-methyl/N-ethyl adjacent to an activating group) is 1. The first-order chi connectivity index (χ1) is 8.02. The normalized spacial score (nSPS) is 11.8. The number of benzene rings is 1. The van der Waals surface area contributed by atoms with Crippen LogP contribution in [0.15, 0.2) is 29.4 Å². The first kappa shape index (κ1) is 13.0. The molecule has 0 saturated heterocycles. The van der Waals surface area contributed by atoms with Gasteiger partial charge in [0.25, 0.3) is 0 Å². The highest BCUT2D eigenvalue weighted by Crippen LogP contribution is 2.07. The summed E-state index contributed by atoms with van der Waals surface area (Å²) in [4.78, 5) is 12.2. The van der Waals surface area contributed by atoms with E-state index < -0.39 is 5.97 Å². The lowest BCUT2D eigenvalue weighted by Gasteiger charge is -2.14. The predicted molar refractivity (Wildman–Crippen MR) is 62.9 cm³/mol. The molecule has 4 N–H and O–H groups in total. The zero-order valence-corrected chi connectivity index (χ0v) is 9.50. The van der Waals surface area contributed by atoms with Crippen LogP contribution in [0.3, 0.4) is 0 Å². The van der Waals surface area contributed by atoms with Crippen molar-refractivity contribution < 1.29 is 15.1 Å². The maximum absolute atomic E-state index is 10.5. The lowest BCUT2D eigenvalue weighted by Crippen LogP contribution is -2.25. The first-order valence-electron chi connectivity index (χ1n) is 5.00. The van der Waals surface area contributed by atoms with Crippen molar-refractivity contribution in [1.29, 1.82) is 0 Å². The van der Waals surface area contributed by atoms with Crippen LogP contribution in [-0.2, 0) is 11.3 Å². The van der Waals surface area contributed by atoms with Crippen molar-refractivity contribution in [3.05, 3.63) is 35.4 Å². The van der Waals surface area contributed by atoms with E-state index in [9.17, 15) is 4.79 Å². The SMILES string of the molecule is CN(CC(=O)O)Cc1cccc(/C(N)=N\O)c1. The quantitative estimate of drug-likeness (QED) is 0.296. The summed E-state index contributed by atoms with van der Waals surface area (Å²) in [5, 5.41) is 20.1. The van der Waals surface area contributed by atoms with Crippen molar-refractivity contribution in [3.63, 3.8) is 0 Å². The molecule has 0 aromatic heterocycles. The third-order valence-electron chi connectivity index (χ3n) is 2.19. The van der Waals surface area contributed by atoms with Crippen molar-refractivity contribution in [1.82, 2.24) is 4.90 Å². The van der Waals surface area contributed by atoms with Gasteiger partial charge < -0.3 is 16.0 Å². The van der Waals surface area contributed by atoms with E-state index in [2.05, 4.69) is 5.16 Å². The Balaban J connectivity index is 2.75.